The largest absolute Gasteiger partial charge is 0.468 e. The van der Waals surface area contributed by atoms with Gasteiger partial charge in [0.25, 0.3) is 0 Å². The van der Waals surface area contributed by atoms with Gasteiger partial charge in [0.2, 0.25) is 5.91 Å². The molecular formula is C21H31N7O2. The second kappa shape index (κ2) is 9.34. The highest BCUT2D eigenvalue weighted by molar-refractivity contribution is 5.98. The van der Waals surface area contributed by atoms with Gasteiger partial charge in [0.05, 0.1) is 24.2 Å². The molecule has 1 N–H and O–H groups in total. The number of likely N-dealkylation sites (tertiary alicyclic amines) is 1. The molecule has 0 aromatic carbocycles. The Morgan fingerprint density at radius 2 is 2.10 bits per heavy atom. The first-order valence-corrected chi connectivity index (χ1v) is 10.7. The number of piperidine rings is 1. The number of amides is 1. The molecule has 2 aromatic heterocycles. The van der Waals surface area contributed by atoms with E-state index in [0.29, 0.717) is 19.6 Å². The third kappa shape index (κ3) is 4.51. The smallest absolute Gasteiger partial charge is 0.246 e. The third-order valence-electron chi connectivity index (χ3n) is 5.89. The van der Waals surface area contributed by atoms with Crippen molar-refractivity contribution in [1.29, 1.82) is 0 Å². The Balaban J connectivity index is 1.38. The van der Waals surface area contributed by atoms with Gasteiger partial charge in [0, 0.05) is 39.9 Å². The number of anilines is 1. The number of aryl methyl sites for hydroxylation is 1. The first kappa shape index (κ1) is 20.5. The summed E-state index contributed by atoms with van der Waals surface area (Å²) in [4.78, 5) is 23.5. The van der Waals surface area contributed by atoms with E-state index in [-0.39, 0.29) is 11.9 Å². The normalized spacial score (nSPS) is 19.9. The van der Waals surface area contributed by atoms with Crippen LogP contribution in [0.25, 0.3) is 0 Å². The zero-order chi connectivity index (χ0) is 20.9. The first-order chi connectivity index (χ1) is 14.7. The Kier molecular flexibility index (Phi) is 6.37. The maximum Gasteiger partial charge on any atom is 0.246 e. The maximum atomic E-state index is 12.7. The highest BCUT2D eigenvalue weighted by Crippen LogP contribution is 2.24. The molecule has 0 radical (unpaired) electrons. The highest BCUT2D eigenvalue weighted by atomic mass is 16.3. The fourth-order valence-corrected chi connectivity index (χ4v) is 4.32. The zero-order valence-corrected chi connectivity index (χ0v) is 17.8. The van der Waals surface area contributed by atoms with E-state index in [1.165, 1.54) is 19.3 Å². The van der Waals surface area contributed by atoms with Gasteiger partial charge in [-0.15, -0.1) is 0 Å². The Morgan fingerprint density at radius 3 is 2.73 bits per heavy atom. The number of hydrogen-bond donors (Lipinski definition) is 1. The lowest BCUT2D eigenvalue weighted by Crippen LogP contribution is -2.56. The van der Waals surface area contributed by atoms with E-state index >= 15 is 0 Å². The lowest BCUT2D eigenvalue weighted by atomic mass is 10.1. The Hall–Kier alpha value is -2.81. The van der Waals surface area contributed by atoms with E-state index < -0.39 is 0 Å². The molecule has 1 unspecified atom stereocenters. The fourth-order valence-electron chi connectivity index (χ4n) is 4.32. The number of piperazine rings is 1. The summed E-state index contributed by atoms with van der Waals surface area (Å²) in [6.45, 7) is 4.47. The molecule has 1 amide bonds. The summed E-state index contributed by atoms with van der Waals surface area (Å²) >= 11 is 0. The zero-order valence-electron chi connectivity index (χ0n) is 17.8. The number of aliphatic imine (C=N–C) groups is 1. The number of carbonyl (C=O) groups is 1. The van der Waals surface area contributed by atoms with Gasteiger partial charge in [-0.2, -0.15) is 5.10 Å². The minimum Gasteiger partial charge on any atom is -0.468 e. The molecule has 162 valence electrons. The van der Waals surface area contributed by atoms with E-state index in [0.717, 1.165) is 37.0 Å². The van der Waals surface area contributed by atoms with Crippen LogP contribution in [0.2, 0.25) is 0 Å². The van der Waals surface area contributed by atoms with Gasteiger partial charge in [0.1, 0.15) is 12.3 Å². The van der Waals surface area contributed by atoms with Gasteiger partial charge in [0.15, 0.2) is 5.96 Å². The van der Waals surface area contributed by atoms with Crippen LogP contribution in [0.15, 0.2) is 40.2 Å². The second-order valence-electron chi connectivity index (χ2n) is 7.90. The van der Waals surface area contributed by atoms with E-state index in [2.05, 4.69) is 20.3 Å². The van der Waals surface area contributed by atoms with Crippen molar-refractivity contribution in [2.24, 2.45) is 12.0 Å². The number of guanidine groups is 1. The summed E-state index contributed by atoms with van der Waals surface area (Å²) in [5.41, 5.74) is 0.841. The average Bonchev–Trinajstić information content (AvgIpc) is 3.44. The predicted molar refractivity (Wildman–Crippen MR) is 115 cm³/mol. The van der Waals surface area contributed by atoms with E-state index in [1.807, 2.05) is 30.3 Å². The van der Waals surface area contributed by atoms with Crippen molar-refractivity contribution in [3.63, 3.8) is 0 Å². The number of rotatable bonds is 5. The van der Waals surface area contributed by atoms with Crippen LogP contribution in [-0.2, 0) is 11.8 Å². The molecule has 4 rings (SSSR count). The van der Waals surface area contributed by atoms with Crippen LogP contribution in [-0.4, -0.2) is 77.8 Å². The minimum absolute atomic E-state index is 0.0517. The fraction of sp³-hybridized carbons (Fsp3) is 0.571. The van der Waals surface area contributed by atoms with Gasteiger partial charge in [-0.3, -0.25) is 19.4 Å². The molecule has 9 heteroatoms. The summed E-state index contributed by atoms with van der Waals surface area (Å²) in [6, 6.07) is 4.14. The summed E-state index contributed by atoms with van der Waals surface area (Å²) in [7, 11) is 3.62. The number of hydrogen-bond acceptors (Lipinski definition) is 5. The molecule has 0 bridgehead atoms. The molecule has 30 heavy (non-hydrogen) atoms. The average molecular weight is 414 g/mol. The van der Waals surface area contributed by atoms with Crippen LogP contribution in [0.3, 0.4) is 0 Å². The molecule has 9 nitrogen and oxygen atoms in total. The molecule has 2 fully saturated rings. The van der Waals surface area contributed by atoms with E-state index in [4.69, 9.17) is 4.42 Å². The second-order valence-corrected chi connectivity index (χ2v) is 7.90. The summed E-state index contributed by atoms with van der Waals surface area (Å²) in [6.07, 6.45) is 9.06. The van der Waals surface area contributed by atoms with Crippen molar-refractivity contribution < 1.29 is 9.21 Å². The number of aromatic nitrogens is 2. The van der Waals surface area contributed by atoms with Gasteiger partial charge in [-0.25, -0.2) is 0 Å². The molecule has 0 saturated carbocycles. The summed E-state index contributed by atoms with van der Waals surface area (Å²) in [5, 5.41) is 7.66. The Labute approximate surface area is 177 Å². The van der Waals surface area contributed by atoms with Crippen LogP contribution >= 0.6 is 0 Å². The SMILES string of the molecule is CN=C(NCC(c1ccco1)N1CCCCC1)N1CCN(c2cnn(C)c2)C(=O)C1. The van der Waals surface area contributed by atoms with Gasteiger partial charge >= 0.3 is 0 Å². The first-order valence-electron chi connectivity index (χ1n) is 10.7. The lowest BCUT2D eigenvalue weighted by Gasteiger charge is -2.37. The molecule has 1 atom stereocenters. The molecule has 4 heterocycles. The lowest BCUT2D eigenvalue weighted by molar-refractivity contribution is -0.120. The molecular weight excluding hydrogens is 382 g/mol. The van der Waals surface area contributed by atoms with E-state index in [1.54, 1.807) is 29.1 Å². The van der Waals surface area contributed by atoms with Crippen molar-refractivity contribution in [1.82, 2.24) is 24.9 Å². The van der Waals surface area contributed by atoms with Crippen molar-refractivity contribution in [2.75, 3.05) is 51.2 Å². The predicted octanol–water partition coefficient (Wildman–Crippen LogP) is 1.46. The van der Waals surface area contributed by atoms with Crippen molar-refractivity contribution in [2.45, 2.75) is 25.3 Å². The van der Waals surface area contributed by atoms with Crippen molar-refractivity contribution in [3.8, 4) is 0 Å². The van der Waals surface area contributed by atoms with E-state index in [9.17, 15) is 4.79 Å². The quantitative estimate of drug-likeness (QED) is 0.590. The van der Waals surface area contributed by atoms with Crippen LogP contribution in [0.5, 0.6) is 0 Å². The van der Waals surface area contributed by atoms with Crippen LogP contribution in [0.4, 0.5) is 5.69 Å². The monoisotopic (exact) mass is 413 g/mol. The third-order valence-corrected chi connectivity index (χ3v) is 5.89. The molecule has 2 aliphatic heterocycles. The van der Waals surface area contributed by atoms with Crippen LogP contribution in [0.1, 0.15) is 31.1 Å². The molecule has 0 aliphatic carbocycles. The Bertz CT molecular complexity index is 855. The maximum absolute atomic E-state index is 12.7. The van der Waals surface area contributed by atoms with Crippen LogP contribution in [0, 0.1) is 0 Å². The molecule has 2 aromatic rings. The molecule has 2 aliphatic rings. The number of nitrogens with one attached hydrogen (secondary N) is 1. The number of furan rings is 1. The minimum atomic E-state index is 0.0517. The van der Waals surface area contributed by atoms with Crippen molar-refractivity contribution >= 4 is 17.6 Å². The molecule has 0 spiro atoms. The van der Waals surface area contributed by atoms with Crippen molar-refractivity contribution in [3.05, 3.63) is 36.5 Å². The van der Waals surface area contributed by atoms with Gasteiger partial charge in [-0.1, -0.05) is 6.42 Å². The topological polar surface area (TPSA) is 82.1 Å². The summed E-state index contributed by atoms with van der Waals surface area (Å²) < 4.78 is 7.45. The highest BCUT2D eigenvalue weighted by Gasteiger charge is 2.29. The Morgan fingerprint density at radius 1 is 1.27 bits per heavy atom. The van der Waals surface area contributed by atoms with Gasteiger partial charge < -0.3 is 19.5 Å². The van der Waals surface area contributed by atoms with Gasteiger partial charge in [-0.05, 0) is 38.1 Å². The summed E-state index contributed by atoms with van der Waals surface area (Å²) in [5.74, 6) is 1.77. The number of nitrogens with zero attached hydrogens (tertiary/aromatic N) is 6. The van der Waals surface area contributed by atoms with Crippen LogP contribution < -0.4 is 10.2 Å². The standard InChI is InChI=1S/C21H31N7O2/c1-22-21(27-10-11-28(20(29)16-27)17-13-24-25(2)15-17)23-14-18(19-7-6-12-30-19)26-8-4-3-5-9-26/h6-7,12-13,15,18H,3-5,8-11,14,16H2,1-2H3,(H,22,23). The number of carbonyl (C=O) groups excluding carboxylic acids is 1. The molecule has 2 saturated heterocycles.